The van der Waals surface area contributed by atoms with Gasteiger partial charge in [-0.05, 0) is 37.1 Å². The molecule has 1 aliphatic rings. The summed E-state index contributed by atoms with van der Waals surface area (Å²) < 4.78 is 13.1. The second kappa shape index (κ2) is 8.41. The lowest BCUT2D eigenvalue weighted by atomic mass is 10.0. The molecular weight excluding hydrogens is 293 g/mol. The number of benzene rings is 1. The van der Waals surface area contributed by atoms with Crippen LogP contribution in [0.1, 0.15) is 31.4 Å². The molecule has 128 valence electrons. The average molecular weight is 321 g/mol. The second-order valence-corrected chi connectivity index (χ2v) is 6.43. The van der Waals surface area contributed by atoms with Crippen molar-refractivity contribution in [3.05, 3.63) is 35.6 Å². The number of hydrogen-bond acceptors (Lipinski definition) is 3. The van der Waals surface area contributed by atoms with E-state index >= 15 is 0 Å². The maximum atomic E-state index is 13.1. The van der Waals surface area contributed by atoms with Gasteiger partial charge in [0.25, 0.3) is 0 Å². The van der Waals surface area contributed by atoms with Crippen molar-refractivity contribution in [2.45, 2.75) is 25.8 Å². The normalized spacial score (nSPS) is 18.4. The van der Waals surface area contributed by atoms with E-state index < -0.39 is 0 Å². The van der Waals surface area contributed by atoms with Crippen LogP contribution in [0.5, 0.6) is 0 Å². The van der Waals surface area contributed by atoms with Crippen molar-refractivity contribution >= 4 is 5.91 Å². The number of hydrogen-bond donors (Lipinski definition) is 0. The highest BCUT2D eigenvalue weighted by atomic mass is 19.1. The van der Waals surface area contributed by atoms with Crippen LogP contribution in [0.15, 0.2) is 24.3 Å². The lowest BCUT2D eigenvalue weighted by molar-refractivity contribution is -0.129. The predicted octanol–water partition coefficient (Wildman–Crippen LogP) is 2.37. The summed E-state index contributed by atoms with van der Waals surface area (Å²) in [5.41, 5.74) is 1.17. The van der Waals surface area contributed by atoms with Crippen molar-refractivity contribution in [1.82, 2.24) is 14.7 Å². The molecule has 0 aromatic heterocycles. The molecule has 1 aromatic rings. The zero-order valence-electron chi connectivity index (χ0n) is 14.5. The van der Waals surface area contributed by atoms with E-state index in [1.807, 2.05) is 12.1 Å². The molecule has 1 fully saturated rings. The van der Waals surface area contributed by atoms with Gasteiger partial charge in [-0.2, -0.15) is 0 Å². The van der Waals surface area contributed by atoms with E-state index in [1.165, 1.54) is 17.7 Å². The number of nitrogens with zero attached hydrogens (tertiary/aromatic N) is 3. The molecule has 0 bridgehead atoms. The topological polar surface area (TPSA) is 26.8 Å². The molecule has 1 unspecified atom stereocenters. The molecule has 1 heterocycles. The van der Waals surface area contributed by atoms with Crippen molar-refractivity contribution in [1.29, 1.82) is 0 Å². The van der Waals surface area contributed by atoms with Crippen LogP contribution in [0, 0.1) is 5.82 Å². The molecular formula is C18H28FN3O. The Kier molecular flexibility index (Phi) is 6.54. The lowest BCUT2D eigenvalue weighted by Gasteiger charge is -2.30. The maximum Gasteiger partial charge on any atom is 0.236 e. The fourth-order valence-corrected chi connectivity index (χ4v) is 3.18. The first kappa shape index (κ1) is 17.9. The minimum Gasteiger partial charge on any atom is -0.348 e. The SMILES string of the molecule is CCC(c1ccc(F)cc1)N1CCCN(CC(=O)N(C)C)CC1. The summed E-state index contributed by atoms with van der Waals surface area (Å²) in [6.07, 6.45) is 2.06. The maximum absolute atomic E-state index is 13.1. The standard InChI is InChI=1S/C18H28FN3O/c1-4-17(15-6-8-16(19)9-7-15)22-11-5-10-21(12-13-22)14-18(23)20(2)3/h6-9,17H,4-5,10-14H2,1-3H3. The Morgan fingerprint density at radius 3 is 2.48 bits per heavy atom. The number of amides is 1. The van der Waals surface area contributed by atoms with Crippen LogP contribution in [0.3, 0.4) is 0 Å². The Morgan fingerprint density at radius 2 is 1.87 bits per heavy atom. The highest BCUT2D eigenvalue weighted by molar-refractivity contribution is 5.77. The largest absolute Gasteiger partial charge is 0.348 e. The highest BCUT2D eigenvalue weighted by Crippen LogP contribution is 2.25. The first-order chi connectivity index (χ1) is 11.0. The molecule has 5 heteroatoms. The van der Waals surface area contributed by atoms with Crippen LogP contribution in [-0.4, -0.2) is 67.4 Å². The molecule has 0 saturated carbocycles. The third-order valence-electron chi connectivity index (χ3n) is 4.56. The Morgan fingerprint density at radius 1 is 1.17 bits per heavy atom. The van der Waals surface area contributed by atoms with Gasteiger partial charge in [0.05, 0.1) is 6.54 Å². The van der Waals surface area contributed by atoms with Crippen molar-refractivity contribution in [2.75, 3.05) is 46.8 Å². The quantitative estimate of drug-likeness (QED) is 0.833. The fourth-order valence-electron chi connectivity index (χ4n) is 3.18. The van der Waals surface area contributed by atoms with Crippen molar-refractivity contribution in [2.24, 2.45) is 0 Å². The molecule has 4 nitrogen and oxygen atoms in total. The second-order valence-electron chi connectivity index (χ2n) is 6.43. The van der Waals surface area contributed by atoms with Crippen molar-refractivity contribution in [3.8, 4) is 0 Å². The van der Waals surface area contributed by atoms with Crippen molar-refractivity contribution in [3.63, 3.8) is 0 Å². The van der Waals surface area contributed by atoms with Crippen LogP contribution in [-0.2, 0) is 4.79 Å². The van der Waals surface area contributed by atoms with Gasteiger partial charge in [0.15, 0.2) is 0 Å². The van der Waals surface area contributed by atoms with Gasteiger partial charge in [0, 0.05) is 39.8 Å². The summed E-state index contributed by atoms with van der Waals surface area (Å²) in [4.78, 5) is 18.2. The number of rotatable bonds is 5. The summed E-state index contributed by atoms with van der Waals surface area (Å²) in [6, 6.07) is 7.18. The molecule has 1 atom stereocenters. The zero-order valence-corrected chi connectivity index (χ0v) is 14.5. The highest BCUT2D eigenvalue weighted by Gasteiger charge is 2.23. The van der Waals surface area contributed by atoms with Gasteiger partial charge in [-0.15, -0.1) is 0 Å². The average Bonchev–Trinajstić information content (AvgIpc) is 2.76. The Bertz CT molecular complexity index is 503. The third kappa shape index (κ3) is 5.01. The third-order valence-corrected chi connectivity index (χ3v) is 4.56. The van der Waals surface area contributed by atoms with Crippen LogP contribution >= 0.6 is 0 Å². The van der Waals surface area contributed by atoms with Crippen LogP contribution in [0.2, 0.25) is 0 Å². The van der Waals surface area contributed by atoms with Gasteiger partial charge in [-0.3, -0.25) is 14.6 Å². The van der Waals surface area contributed by atoms with Gasteiger partial charge < -0.3 is 4.90 Å². The summed E-state index contributed by atoms with van der Waals surface area (Å²) in [6.45, 7) is 6.48. The smallest absolute Gasteiger partial charge is 0.236 e. The minimum atomic E-state index is -0.187. The monoisotopic (exact) mass is 321 g/mol. The summed E-state index contributed by atoms with van der Waals surface area (Å²) in [7, 11) is 3.60. The molecule has 1 saturated heterocycles. The molecule has 0 aliphatic carbocycles. The van der Waals surface area contributed by atoms with E-state index in [0.29, 0.717) is 12.6 Å². The Balaban J connectivity index is 1.98. The van der Waals surface area contributed by atoms with E-state index in [9.17, 15) is 9.18 Å². The van der Waals surface area contributed by atoms with E-state index in [1.54, 1.807) is 19.0 Å². The van der Waals surface area contributed by atoms with Crippen LogP contribution < -0.4 is 0 Å². The zero-order chi connectivity index (χ0) is 16.8. The van der Waals surface area contributed by atoms with Crippen molar-refractivity contribution < 1.29 is 9.18 Å². The number of likely N-dealkylation sites (N-methyl/N-ethyl adjacent to an activating group) is 1. The van der Waals surface area contributed by atoms with Crippen LogP contribution in [0.4, 0.5) is 4.39 Å². The predicted molar refractivity (Wildman–Crippen MR) is 90.8 cm³/mol. The van der Waals surface area contributed by atoms with Crippen LogP contribution in [0.25, 0.3) is 0 Å². The molecule has 0 spiro atoms. The molecule has 23 heavy (non-hydrogen) atoms. The first-order valence-electron chi connectivity index (χ1n) is 8.43. The Labute approximate surface area is 138 Å². The summed E-state index contributed by atoms with van der Waals surface area (Å²) >= 11 is 0. The number of carbonyl (C=O) groups is 1. The van der Waals surface area contributed by atoms with E-state index in [4.69, 9.17) is 0 Å². The van der Waals surface area contributed by atoms with Gasteiger partial charge in [-0.1, -0.05) is 19.1 Å². The lowest BCUT2D eigenvalue weighted by Crippen LogP contribution is -2.39. The first-order valence-corrected chi connectivity index (χ1v) is 8.43. The van der Waals surface area contributed by atoms with Gasteiger partial charge in [0.1, 0.15) is 5.82 Å². The molecule has 0 N–H and O–H groups in total. The molecule has 0 radical (unpaired) electrons. The van der Waals surface area contributed by atoms with E-state index in [2.05, 4.69) is 16.7 Å². The van der Waals surface area contributed by atoms with Gasteiger partial charge >= 0.3 is 0 Å². The number of halogens is 1. The van der Waals surface area contributed by atoms with Gasteiger partial charge in [-0.25, -0.2) is 4.39 Å². The molecule has 1 aliphatic heterocycles. The Hall–Kier alpha value is -1.46. The fraction of sp³-hybridized carbons (Fsp3) is 0.611. The van der Waals surface area contributed by atoms with E-state index in [0.717, 1.165) is 39.0 Å². The minimum absolute atomic E-state index is 0.157. The molecule has 1 amide bonds. The number of carbonyl (C=O) groups excluding carboxylic acids is 1. The summed E-state index contributed by atoms with van der Waals surface area (Å²) in [5, 5.41) is 0. The molecule has 1 aromatic carbocycles. The van der Waals surface area contributed by atoms with E-state index in [-0.39, 0.29) is 11.7 Å². The van der Waals surface area contributed by atoms with Gasteiger partial charge in [0.2, 0.25) is 5.91 Å². The summed E-state index contributed by atoms with van der Waals surface area (Å²) in [5.74, 6) is -0.0307. The molecule has 2 rings (SSSR count).